The lowest BCUT2D eigenvalue weighted by molar-refractivity contribution is -0.122. The first-order valence-corrected chi connectivity index (χ1v) is 9.49. The quantitative estimate of drug-likeness (QED) is 0.862. The Morgan fingerprint density at radius 1 is 1.35 bits per heavy atom. The first-order chi connectivity index (χ1) is 10.8. The van der Waals surface area contributed by atoms with Gasteiger partial charge in [-0.3, -0.25) is 9.69 Å². The molecule has 1 fully saturated rings. The van der Waals surface area contributed by atoms with Crippen LogP contribution in [0.4, 0.5) is 0 Å². The molecular weight excluding hydrogens is 316 g/mol. The van der Waals surface area contributed by atoms with E-state index in [0.29, 0.717) is 13.1 Å². The Balaban J connectivity index is 1.94. The summed E-state index contributed by atoms with van der Waals surface area (Å²) in [7, 11) is -1.31. The van der Waals surface area contributed by atoms with Crippen molar-refractivity contribution in [3.63, 3.8) is 0 Å². The molecule has 1 aromatic carbocycles. The predicted molar refractivity (Wildman–Crippen MR) is 89.4 cm³/mol. The van der Waals surface area contributed by atoms with Crippen molar-refractivity contribution in [2.75, 3.05) is 38.2 Å². The normalized spacial score (nSPS) is 19.1. The van der Waals surface area contributed by atoms with E-state index >= 15 is 0 Å². The number of aryl methyl sites for hydroxylation is 1. The van der Waals surface area contributed by atoms with Crippen LogP contribution in [0.1, 0.15) is 24.1 Å². The maximum Gasteiger partial charge on any atom is 0.234 e. The number of sulfone groups is 1. The van der Waals surface area contributed by atoms with Crippen molar-refractivity contribution in [3.8, 4) is 5.75 Å². The monoisotopic (exact) mass is 340 g/mol. The molecule has 0 bridgehead atoms. The lowest BCUT2D eigenvalue weighted by Gasteiger charge is -2.26. The Kier molecular flexibility index (Phi) is 5.64. The van der Waals surface area contributed by atoms with Gasteiger partial charge in [0.15, 0.2) is 9.84 Å². The van der Waals surface area contributed by atoms with E-state index in [9.17, 15) is 13.2 Å². The highest BCUT2D eigenvalue weighted by Crippen LogP contribution is 2.26. The van der Waals surface area contributed by atoms with Gasteiger partial charge in [-0.05, 0) is 19.9 Å². The standard InChI is InChI=1S/C16H24N2O4S/c1-12-4-5-15(22-3)14(10-12)13(2)17-16(19)11-18-6-8-23(20,21)9-7-18/h4-5,10,13H,6-9,11H2,1-3H3,(H,17,19)/t13-/m0/s1. The highest BCUT2D eigenvalue weighted by molar-refractivity contribution is 7.91. The summed E-state index contributed by atoms with van der Waals surface area (Å²) in [5.41, 5.74) is 2.03. The van der Waals surface area contributed by atoms with Gasteiger partial charge in [0.2, 0.25) is 5.91 Å². The van der Waals surface area contributed by atoms with Gasteiger partial charge >= 0.3 is 0 Å². The average Bonchev–Trinajstić information content (AvgIpc) is 2.49. The van der Waals surface area contributed by atoms with Crippen LogP contribution in [0.25, 0.3) is 0 Å². The number of nitrogens with zero attached hydrogens (tertiary/aromatic N) is 1. The van der Waals surface area contributed by atoms with Crippen LogP contribution < -0.4 is 10.1 Å². The molecule has 0 radical (unpaired) electrons. The zero-order chi connectivity index (χ0) is 17.0. The number of amides is 1. The molecule has 1 saturated heterocycles. The summed E-state index contributed by atoms with van der Waals surface area (Å²) in [6, 6.07) is 5.68. The van der Waals surface area contributed by atoms with Crippen molar-refractivity contribution in [2.24, 2.45) is 0 Å². The van der Waals surface area contributed by atoms with E-state index in [2.05, 4.69) is 5.32 Å². The van der Waals surface area contributed by atoms with Gasteiger partial charge in [-0.1, -0.05) is 17.7 Å². The first kappa shape index (κ1) is 17.7. The second kappa shape index (κ2) is 7.31. The maximum atomic E-state index is 12.2. The molecule has 1 aromatic rings. The van der Waals surface area contributed by atoms with Gasteiger partial charge in [0, 0.05) is 18.7 Å². The number of hydrogen-bond acceptors (Lipinski definition) is 5. The van der Waals surface area contributed by atoms with E-state index in [1.807, 2.05) is 36.9 Å². The minimum atomic E-state index is -2.92. The molecule has 6 nitrogen and oxygen atoms in total. The van der Waals surface area contributed by atoms with Crippen LogP contribution in [0.2, 0.25) is 0 Å². The van der Waals surface area contributed by atoms with E-state index in [1.54, 1.807) is 7.11 Å². The van der Waals surface area contributed by atoms with Crippen molar-refractivity contribution in [3.05, 3.63) is 29.3 Å². The molecule has 0 aliphatic carbocycles. The average molecular weight is 340 g/mol. The predicted octanol–water partition coefficient (Wildman–Crippen LogP) is 0.911. The number of ether oxygens (including phenoxy) is 1. The summed E-state index contributed by atoms with van der Waals surface area (Å²) in [5.74, 6) is 0.885. The third-order valence-corrected chi connectivity index (χ3v) is 5.64. The molecular formula is C16H24N2O4S. The number of methoxy groups -OCH3 is 1. The van der Waals surface area contributed by atoms with Crippen LogP contribution in [-0.4, -0.2) is 57.5 Å². The Morgan fingerprint density at radius 3 is 2.61 bits per heavy atom. The minimum absolute atomic E-state index is 0.111. The number of rotatable bonds is 5. The van der Waals surface area contributed by atoms with E-state index in [1.165, 1.54) is 0 Å². The van der Waals surface area contributed by atoms with Crippen LogP contribution in [-0.2, 0) is 14.6 Å². The third-order valence-electron chi connectivity index (χ3n) is 4.03. The summed E-state index contributed by atoms with van der Waals surface area (Å²) in [4.78, 5) is 14.1. The summed E-state index contributed by atoms with van der Waals surface area (Å²) in [6.45, 7) is 4.95. The lowest BCUT2D eigenvalue weighted by Crippen LogP contribution is -2.45. The molecule has 1 atom stereocenters. The Hall–Kier alpha value is -1.60. The lowest BCUT2D eigenvalue weighted by atomic mass is 10.0. The summed E-state index contributed by atoms with van der Waals surface area (Å²) in [6.07, 6.45) is 0. The Labute approximate surface area is 137 Å². The third kappa shape index (κ3) is 4.94. The maximum absolute atomic E-state index is 12.2. The molecule has 1 aliphatic heterocycles. The summed E-state index contributed by atoms with van der Waals surface area (Å²) >= 11 is 0. The second-order valence-electron chi connectivity index (χ2n) is 5.96. The largest absolute Gasteiger partial charge is 0.496 e. The highest BCUT2D eigenvalue weighted by Gasteiger charge is 2.23. The molecule has 0 unspecified atom stereocenters. The Morgan fingerprint density at radius 2 is 2.00 bits per heavy atom. The number of carbonyl (C=O) groups is 1. The summed E-state index contributed by atoms with van der Waals surface area (Å²) < 4.78 is 28.2. The molecule has 1 amide bonds. The van der Waals surface area contributed by atoms with Crippen LogP contribution in [0.3, 0.4) is 0 Å². The molecule has 0 spiro atoms. The van der Waals surface area contributed by atoms with Crippen molar-refractivity contribution < 1.29 is 17.9 Å². The molecule has 0 aromatic heterocycles. The number of hydrogen-bond donors (Lipinski definition) is 1. The van der Waals surface area contributed by atoms with Gasteiger partial charge in [0.25, 0.3) is 0 Å². The zero-order valence-electron chi connectivity index (χ0n) is 13.8. The van der Waals surface area contributed by atoms with Gasteiger partial charge in [-0.15, -0.1) is 0 Å². The van der Waals surface area contributed by atoms with Crippen molar-refractivity contribution in [1.82, 2.24) is 10.2 Å². The number of carbonyl (C=O) groups excluding carboxylic acids is 1. The van der Waals surface area contributed by atoms with Gasteiger partial charge in [0.05, 0.1) is 31.2 Å². The molecule has 1 N–H and O–H groups in total. The SMILES string of the molecule is COc1ccc(C)cc1[C@H](C)NC(=O)CN1CCS(=O)(=O)CC1. The molecule has 1 aliphatic rings. The van der Waals surface area contributed by atoms with E-state index in [-0.39, 0.29) is 30.0 Å². The smallest absolute Gasteiger partial charge is 0.234 e. The van der Waals surface area contributed by atoms with E-state index in [0.717, 1.165) is 16.9 Å². The first-order valence-electron chi connectivity index (χ1n) is 7.67. The van der Waals surface area contributed by atoms with Crippen LogP contribution in [0.15, 0.2) is 18.2 Å². The molecule has 7 heteroatoms. The topological polar surface area (TPSA) is 75.7 Å². The van der Waals surface area contributed by atoms with Gasteiger partial charge in [-0.25, -0.2) is 8.42 Å². The van der Waals surface area contributed by atoms with Crippen molar-refractivity contribution >= 4 is 15.7 Å². The zero-order valence-corrected chi connectivity index (χ0v) is 14.6. The van der Waals surface area contributed by atoms with Gasteiger partial charge < -0.3 is 10.1 Å². The molecule has 1 heterocycles. The van der Waals surface area contributed by atoms with Crippen LogP contribution >= 0.6 is 0 Å². The molecule has 128 valence electrons. The Bertz CT molecular complexity index is 659. The summed E-state index contributed by atoms with van der Waals surface area (Å²) in [5, 5.41) is 2.96. The number of benzene rings is 1. The van der Waals surface area contributed by atoms with E-state index < -0.39 is 9.84 Å². The van der Waals surface area contributed by atoms with Crippen LogP contribution in [0.5, 0.6) is 5.75 Å². The van der Waals surface area contributed by atoms with Gasteiger partial charge in [-0.2, -0.15) is 0 Å². The molecule has 0 saturated carbocycles. The van der Waals surface area contributed by atoms with Gasteiger partial charge in [0.1, 0.15) is 5.75 Å². The molecule has 2 rings (SSSR count). The fourth-order valence-electron chi connectivity index (χ4n) is 2.67. The highest BCUT2D eigenvalue weighted by atomic mass is 32.2. The van der Waals surface area contributed by atoms with Crippen molar-refractivity contribution in [1.29, 1.82) is 0 Å². The minimum Gasteiger partial charge on any atom is -0.496 e. The fraction of sp³-hybridized carbons (Fsp3) is 0.562. The molecule has 23 heavy (non-hydrogen) atoms. The number of nitrogens with one attached hydrogen (secondary N) is 1. The fourth-order valence-corrected chi connectivity index (χ4v) is 3.95. The van der Waals surface area contributed by atoms with E-state index in [4.69, 9.17) is 4.74 Å². The van der Waals surface area contributed by atoms with Crippen LogP contribution in [0, 0.1) is 6.92 Å². The van der Waals surface area contributed by atoms with Crippen molar-refractivity contribution in [2.45, 2.75) is 19.9 Å². The second-order valence-corrected chi connectivity index (χ2v) is 8.27.